The number of rotatable bonds is 4. The van der Waals surface area contributed by atoms with Crippen molar-refractivity contribution in [1.29, 1.82) is 0 Å². The zero-order valence-electron chi connectivity index (χ0n) is 18.6. The van der Waals surface area contributed by atoms with Crippen molar-refractivity contribution >= 4 is 17.8 Å². The number of nitrogens with zero attached hydrogens (tertiary/aromatic N) is 5. The summed E-state index contributed by atoms with van der Waals surface area (Å²) in [6, 6.07) is 15.4. The Morgan fingerprint density at radius 1 is 0.794 bits per heavy atom. The maximum atomic E-state index is 13.0. The van der Waals surface area contributed by atoms with Crippen LogP contribution in [-0.4, -0.2) is 73.6 Å². The fourth-order valence-electron chi connectivity index (χ4n) is 4.74. The SMILES string of the molecule is O=C(O)c1cccc(C(=O)N2CCC(c3nnc4n3CCN(C(=O)c3ccccc3)CC4)C2)c1. The van der Waals surface area contributed by atoms with E-state index in [4.69, 9.17) is 0 Å². The van der Waals surface area contributed by atoms with Gasteiger partial charge in [0.2, 0.25) is 0 Å². The van der Waals surface area contributed by atoms with Gasteiger partial charge in [0.05, 0.1) is 5.56 Å². The van der Waals surface area contributed by atoms with Gasteiger partial charge in [-0.15, -0.1) is 10.2 Å². The van der Waals surface area contributed by atoms with E-state index in [1.54, 1.807) is 17.0 Å². The molecule has 1 saturated heterocycles. The van der Waals surface area contributed by atoms with Crippen LogP contribution >= 0.6 is 0 Å². The molecule has 1 N–H and O–H groups in total. The summed E-state index contributed by atoms with van der Waals surface area (Å²) >= 11 is 0. The summed E-state index contributed by atoms with van der Waals surface area (Å²) in [5.41, 5.74) is 1.15. The number of hydrogen-bond acceptors (Lipinski definition) is 5. The molecule has 3 aromatic rings. The third-order valence-corrected chi connectivity index (χ3v) is 6.56. The van der Waals surface area contributed by atoms with Gasteiger partial charge < -0.3 is 19.5 Å². The monoisotopic (exact) mass is 459 g/mol. The highest BCUT2D eigenvalue weighted by atomic mass is 16.4. The first kappa shape index (κ1) is 21.8. The number of amides is 2. The van der Waals surface area contributed by atoms with Crippen molar-refractivity contribution in [2.24, 2.45) is 0 Å². The van der Waals surface area contributed by atoms with Gasteiger partial charge >= 0.3 is 5.97 Å². The van der Waals surface area contributed by atoms with Crippen LogP contribution in [-0.2, 0) is 13.0 Å². The summed E-state index contributed by atoms with van der Waals surface area (Å²) < 4.78 is 2.10. The maximum Gasteiger partial charge on any atom is 0.335 e. The molecule has 2 aliphatic heterocycles. The van der Waals surface area contributed by atoms with Crippen molar-refractivity contribution < 1.29 is 19.5 Å². The van der Waals surface area contributed by atoms with E-state index in [1.807, 2.05) is 35.2 Å². The Hall–Kier alpha value is -4.01. The van der Waals surface area contributed by atoms with Crippen molar-refractivity contribution in [3.63, 3.8) is 0 Å². The van der Waals surface area contributed by atoms with Crippen molar-refractivity contribution in [2.75, 3.05) is 26.2 Å². The molecule has 2 aliphatic rings. The molecule has 1 atom stereocenters. The molecule has 0 aliphatic carbocycles. The lowest BCUT2D eigenvalue weighted by atomic mass is 10.1. The van der Waals surface area contributed by atoms with Gasteiger partial charge in [-0.25, -0.2) is 4.79 Å². The number of benzene rings is 2. The van der Waals surface area contributed by atoms with Crippen LogP contribution in [0, 0.1) is 0 Å². The number of carboxylic acids is 1. The molecule has 1 unspecified atom stereocenters. The Kier molecular flexibility index (Phi) is 5.83. The van der Waals surface area contributed by atoms with Crippen LogP contribution in [0.3, 0.4) is 0 Å². The summed E-state index contributed by atoms with van der Waals surface area (Å²) in [5, 5.41) is 18.0. The van der Waals surface area contributed by atoms with Crippen molar-refractivity contribution in [3.05, 3.63) is 82.9 Å². The quantitative estimate of drug-likeness (QED) is 0.641. The molecular formula is C25H25N5O4. The van der Waals surface area contributed by atoms with E-state index in [0.717, 1.165) is 18.1 Å². The molecule has 0 radical (unpaired) electrons. The van der Waals surface area contributed by atoms with E-state index < -0.39 is 5.97 Å². The second-order valence-corrected chi connectivity index (χ2v) is 8.66. The first-order valence-corrected chi connectivity index (χ1v) is 11.4. The van der Waals surface area contributed by atoms with Gasteiger partial charge in [-0.3, -0.25) is 9.59 Å². The molecule has 9 nitrogen and oxygen atoms in total. The predicted molar refractivity (Wildman–Crippen MR) is 123 cm³/mol. The van der Waals surface area contributed by atoms with Crippen LogP contribution in [0.15, 0.2) is 54.6 Å². The Morgan fingerprint density at radius 2 is 1.53 bits per heavy atom. The van der Waals surface area contributed by atoms with E-state index in [0.29, 0.717) is 50.3 Å². The van der Waals surface area contributed by atoms with Crippen LogP contribution < -0.4 is 0 Å². The molecular weight excluding hydrogens is 434 g/mol. The maximum absolute atomic E-state index is 13.0. The van der Waals surface area contributed by atoms with Gasteiger partial charge in [-0.2, -0.15) is 0 Å². The average molecular weight is 460 g/mol. The molecule has 2 aromatic carbocycles. The number of carboxylic acid groups (broad SMARTS) is 1. The number of hydrogen-bond donors (Lipinski definition) is 1. The van der Waals surface area contributed by atoms with Crippen LogP contribution in [0.5, 0.6) is 0 Å². The van der Waals surface area contributed by atoms with Crippen molar-refractivity contribution in [3.8, 4) is 0 Å². The minimum Gasteiger partial charge on any atom is -0.478 e. The predicted octanol–water partition coefficient (Wildman–Crippen LogP) is 2.30. The summed E-state index contributed by atoms with van der Waals surface area (Å²) in [6.45, 7) is 2.84. The minimum atomic E-state index is -1.06. The Bertz CT molecular complexity index is 1240. The highest BCUT2D eigenvalue weighted by molar-refractivity contribution is 5.97. The van der Waals surface area contributed by atoms with Gasteiger partial charge in [0.15, 0.2) is 0 Å². The molecule has 9 heteroatoms. The van der Waals surface area contributed by atoms with Gasteiger partial charge in [-0.05, 0) is 36.8 Å². The largest absolute Gasteiger partial charge is 0.478 e. The smallest absolute Gasteiger partial charge is 0.335 e. The van der Waals surface area contributed by atoms with Crippen LogP contribution in [0.25, 0.3) is 0 Å². The molecule has 0 spiro atoms. The zero-order chi connectivity index (χ0) is 23.7. The third-order valence-electron chi connectivity index (χ3n) is 6.56. The number of likely N-dealkylation sites (tertiary alicyclic amines) is 1. The second kappa shape index (κ2) is 9.09. The molecule has 174 valence electrons. The highest BCUT2D eigenvalue weighted by Crippen LogP contribution is 2.28. The molecule has 1 aromatic heterocycles. The van der Waals surface area contributed by atoms with Crippen molar-refractivity contribution in [2.45, 2.75) is 25.3 Å². The number of fused-ring (bicyclic) bond motifs is 1. The van der Waals surface area contributed by atoms with E-state index in [1.165, 1.54) is 12.1 Å². The summed E-state index contributed by atoms with van der Waals surface area (Å²) in [6.07, 6.45) is 1.39. The molecule has 3 heterocycles. The lowest BCUT2D eigenvalue weighted by Gasteiger charge is -2.20. The first-order valence-electron chi connectivity index (χ1n) is 11.4. The second-order valence-electron chi connectivity index (χ2n) is 8.66. The van der Waals surface area contributed by atoms with Crippen LogP contribution in [0.2, 0.25) is 0 Å². The average Bonchev–Trinajstić information content (AvgIpc) is 3.46. The fraction of sp³-hybridized carbons (Fsp3) is 0.320. The molecule has 0 saturated carbocycles. The standard InChI is InChI=1S/C25H25N5O4/c31-23(17-5-2-1-3-6-17)28-12-10-21-26-27-22(30(21)14-13-28)20-9-11-29(16-20)24(32)18-7-4-8-19(15-18)25(33)34/h1-8,15,20H,9-14,16H2,(H,33,34). The molecule has 2 amide bonds. The number of carbonyl (C=O) groups is 3. The zero-order valence-corrected chi connectivity index (χ0v) is 18.6. The third kappa shape index (κ3) is 4.16. The molecule has 0 bridgehead atoms. The minimum absolute atomic E-state index is 0.0158. The Balaban J connectivity index is 1.27. The van der Waals surface area contributed by atoms with Gasteiger partial charge in [0, 0.05) is 56.2 Å². The first-order chi connectivity index (χ1) is 16.5. The lowest BCUT2D eigenvalue weighted by molar-refractivity contribution is 0.0695. The molecule has 34 heavy (non-hydrogen) atoms. The number of carbonyl (C=O) groups excluding carboxylic acids is 2. The normalized spacial score (nSPS) is 17.8. The number of aromatic nitrogens is 3. The van der Waals surface area contributed by atoms with E-state index in [2.05, 4.69) is 14.8 Å². The Morgan fingerprint density at radius 3 is 2.32 bits per heavy atom. The van der Waals surface area contributed by atoms with Gasteiger partial charge in [-0.1, -0.05) is 24.3 Å². The Labute approximate surface area is 196 Å². The highest BCUT2D eigenvalue weighted by Gasteiger charge is 2.33. The van der Waals surface area contributed by atoms with Crippen LogP contribution in [0.4, 0.5) is 0 Å². The fourth-order valence-corrected chi connectivity index (χ4v) is 4.74. The van der Waals surface area contributed by atoms with Crippen molar-refractivity contribution in [1.82, 2.24) is 24.6 Å². The van der Waals surface area contributed by atoms with Gasteiger partial charge in [0.25, 0.3) is 11.8 Å². The van der Waals surface area contributed by atoms with Crippen LogP contribution in [0.1, 0.15) is 55.1 Å². The summed E-state index contributed by atoms with van der Waals surface area (Å²) in [4.78, 5) is 40.7. The van der Waals surface area contributed by atoms with E-state index in [9.17, 15) is 19.5 Å². The topological polar surface area (TPSA) is 109 Å². The summed E-state index contributed by atoms with van der Waals surface area (Å²) in [7, 11) is 0. The van der Waals surface area contributed by atoms with E-state index >= 15 is 0 Å². The van der Waals surface area contributed by atoms with Gasteiger partial charge in [0.1, 0.15) is 11.6 Å². The summed E-state index contributed by atoms with van der Waals surface area (Å²) in [5.74, 6) is 0.531. The number of aromatic carboxylic acids is 1. The molecule has 5 rings (SSSR count). The molecule has 1 fully saturated rings. The lowest BCUT2D eigenvalue weighted by Crippen LogP contribution is -2.33. The van der Waals surface area contributed by atoms with E-state index in [-0.39, 0.29) is 23.3 Å².